The molecule has 0 radical (unpaired) electrons. The summed E-state index contributed by atoms with van der Waals surface area (Å²) in [6, 6.07) is 0.135. The van der Waals surface area contributed by atoms with Crippen molar-refractivity contribution in [3.8, 4) is 0 Å². The largest absolute Gasteiger partial charge is 0.385 e. The Labute approximate surface area is 115 Å². The first-order valence-electron chi connectivity index (χ1n) is 6.35. The molecule has 1 N–H and O–H groups in total. The molecule has 1 aromatic rings. The van der Waals surface area contributed by atoms with Gasteiger partial charge in [-0.2, -0.15) is 5.10 Å². The number of hydrogen-bond acceptors (Lipinski definition) is 4. The first-order chi connectivity index (χ1) is 8.81. The van der Waals surface area contributed by atoms with Crippen molar-refractivity contribution < 1.29 is 13.2 Å². The summed E-state index contributed by atoms with van der Waals surface area (Å²) < 4.78 is 33.7. The fourth-order valence-electron chi connectivity index (χ4n) is 2.03. The zero-order valence-electron chi connectivity index (χ0n) is 12.2. The highest BCUT2D eigenvalue weighted by atomic mass is 32.2. The molecule has 0 aliphatic heterocycles. The highest BCUT2D eigenvalue weighted by Gasteiger charge is 2.24. The summed E-state index contributed by atoms with van der Waals surface area (Å²) in [6.07, 6.45) is 0.645. The van der Waals surface area contributed by atoms with Gasteiger partial charge in [-0.05, 0) is 34.1 Å². The van der Waals surface area contributed by atoms with E-state index in [-0.39, 0.29) is 6.04 Å². The molecule has 0 amide bonds. The van der Waals surface area contributed by atoms with Crippen molar-refractivity contribution >= 4 is 10.0 Å². The molecule has 6 nitrogen and oxygen atoms in total. The second-order valence-electron chi connectivity index (χ2n) is 4.78. The number of aryl methyl sites for hydroxylation is 1. The van der Waals surface area contributed by atoms with Gasteiger partial charge in [0.15, 0.2) is 0 Å². The number of nitrogens with one attached hydrogen (secondary N) is 1. The SMILES string of the molecule is COCCCNS(=O)(=O)c1c(C)nn(C(C)C)c1C. The standard InChI is InChI=1S/C12H23N3O3S/c1-9(2)15-11(4)12(10(3)14-15)19(16,17)13-7-6-8-18-5/h9,13H,6-8H2,1-5H3. The van der Waals surface area contributed by atoms with Crippen LogP contribution < -0.4 is 4.72 Å². The van der Waals surface area contributed by atoms with Crippen LogP contribution in [0.2, 0.25) is 0 Å². The Hall–Kier alpha value is -0.920. The zero-order valence-corrected chi connectivity index (χ0v) is 13.0. The lowest BCUT2D eigenvalue weighted by Gasteiger charge is -2.09. The van der Waals surface area contributed by atoms with Gasteiger partial charge in [-0.25, -0.2) is 13.1 Å². The van der Waals surface area contributed by atoms with E-state index in [1.54, 1.807) is 25.6 Å². The molecule has 0 fully saturated rings. The van der Waals surface area contributed by atoms with Crippen LogP contribution in [0.1, 0.15) is 37.7 Å². The van der Waals surface area contributed by atoms with Gasteiger partial charge in [0, 0.05) is 26.3 Å². The third kappa shape index (κ3) is 3.77. The lowest BCUT2D eigenvalue weighted by molar-refractivity contribution is 0.196. The summed E-state index contributed by atoms with van der Waals surface area (Å²) in [6.45, 7) is 8.34. The molecular formula is C12H23N3O3S. The van der Waals surface area contributed by atoms with Crippen LogP contribution in [0.25, 0.3) is 0 Å². The molecule has 110 valence electrons. The maximum absolute atomic E-state index is 12.3. The maximum Gasteiger partial charge on any atom is 0.244 e. The van der Waals surface area contributed by atoms with Crippen molar-refractivity contribution in [2.24, 2.45) is 0 Å². The number of hydrogen-bond donors (Lipinski definition) is 1. The maximum atomic E-state index is 12.3. The topological polar surface area (TPSA) is 73.2 Å². The van der Waals surface area contributed by atoms with Crippen LogP contribution in [-0.2, 0) is 14.8 Å². The van der Waals surface area contributed by atoms with Crippen LogP contribution in [0.15, 0.2) is 4.90 Å². The Morgan fingerprint density at radius 2 is 2.00 bits per heavy atom. The Bertz CT molecular complexity index is 521. The van der Waals surface area contributed by atoms with Crippen molar-refractivity contribution in [2.75, 3.05) is 20.3 Å². The van der Waals surface area contributed by atoms with Crippen molar-refractivity contribution in [3.05, 3.63) is 11.4 Å². The van der Waals surface area contributed by atoms with E-state index < -0.39 is 10.0 Å². The molecule has 0 saturated carbocycles. The van der Waals surface area contributed by atoms with Crippen LogP contribution in [0, 0.1) is 13.8 Å². The fraction of sp³-hybridized carbons (Fsp3) is 0.750. The number of ether oxygens (including phenoxy) is 1. The van der Waals surface area contributed by atoms with Gasteiger partial charge in [-0.1, -0.05) is 0 Å². The molecule has 0 saturated heterocycles. The smallest absolute Gasteiger partial charge is 0.244 e. The minimum absolute atomic E-state index is 0.135. The van der Waals surface area contributed by atoms with E-state index in [1.807, 2.05) is 13.8 Å². The van der Waals surface area contributed by atoms with Crippen LogP contribution in [0.4, 0.5) is 0 Å². The molecule has 0 aromatic carbocycles. The van der Waals surface area contributed by atoms with E-state index in [1.165, 1.54) is 0 Å². The minimum Gasteiger partial charge on any atom is -0.385 e. The average molecular weight is 289 g/mol. The van der Waals surface area contributed by atoms with Gasteiger partial charge < -0.3 is 4.74 Å². The van der Waals surface area contributed by atoms with Crippen LogP contribution in [0.3, 0.4) is 0 Å². The molecule has 7 heteroatoms. The third-order valence-electron chi connectivity index (χ3n) is 2.83. The van der Waals surface area contributed by atoms with Crippen molar-refractivity contribution in [1.29, 1.82) is 0 Å². The highest BCUT2D eigenvalue weighted by molar-refractivity contribution is 7.89. The summed E-state index contributed by atoms with van der Waals surface area (Å²) in [7, 11) is -1.91. The van der Waals surface area contributed by atoms with E-state index in [9.17, 15) is 8.42 Å². The van der Waals surface area contributed by atoms with Gasteiger partial charge >= 0.3 is 0 Å². The van der Waals surface area contributed by atoms with Gasteiger partial charge in [-0.3, -0.25) is 4.68 Å². The molecule has 0 spiro atoms. The van der Waals surface area contributed by atoms with Gasteiger partial charge in [0.05, 0.1) is 11.4 Å². The molecule has 0 bridgehead atoms. The quantitative estimate of drug-likeness (QED) is 0.770. The van der Waals surface area contributed by atoms with E-state index in [2.05, 4.69) is 9.82 Å². The summed E-state index contributed by atoms with van der Waals surface area (Å²) in [5.74, 6) is 0. The zero-order chi connectivity index (χ0) is 14.6. The summed E-state index contributed by atoms with van der Waals surface area (Å²) in [5.41, 5.74) is 1.21. The third-order valence-corrected chi connectivity index (χ3v) is 4.55. The van der Waals surface area contributed by atoms with Crippen LogP contribution >= 0.6 is 0 Å². The lowest BCUT2D eigenvalue weighted by atomic mass is 10.3. The number of methoxy groups -OCH3 is 1. The second-order valence-corrected chi connectivity index (χ2v) is 6.49. The van der Waals surface area contributed by atoms with Gasteiger partial charge in [-0.15, -0.1) is 0 Å². The monoisotopic (exact) mass is 289 g/mol. The van der Waals surface area contributed by atoms with Gasteiger partial charge in [0.2, 0.25) is 10.0 Å². The average Bonchev–Trinajstić information content (AvgIpc) is 2.61. The molecule has 1 heterocycles. The predicted octanol–water partition coefficient (Wildman–Crippen LogP) is 1.40. The summed E-state index contributed by atoms with van der Waals surface area (Å²) >= 11 is 0. The minimum atomic E-state index is -3.50. The van der Waals surface area contributed by atoms with Gasteiger partial charge in [0.1, 0.15) is 4.90 Å². The van der Waals surface area contributed by atoms with E-state index in [0.717, 1.165) is 0 Å². The molecule has 1 aromatic heterocycles. The molecule has 1 rings (SSSR count). The van der Waals surface area contributed by atoms with E-state index in [0.29, 0.717) is 35.9 Å². The normalized spacial score (nSPS) is 12.3. The molecular weight excluding hydrogens is 266 g/mol. The number of rotatable bonds is 7. The Balaban J connectivity index is 2.95. The Morgan fingerprint density at radius 1 is 1.37 bits per heavy atom. The number of nitrogens with zero attached hydrogens (tertiary/aromatic N) is 2. The van der Waals surface area contributed by atoms with Crippen LogP contribution in [0.5, 0.6) is 0 Å². The first-order valence-corrected chi connectivity index (χ1v) is 7.84. The molecule has 19 heavy (non-hydrogen) atoms. The van der Waals surface area contributed by atoms with Crippen molar-refractivity contribution in [2.45, 2.75) is 45.1 Å². The van der Waals surface area contributed by atoms with Crippen molar-refractivity contribution in [1.82, 2.24) is 14.5 Å². The molecule has 0 aliphatic rings. The Kier molecular flexibility index (Phi) is 5.51. The lowest BCUT2D eigenvalue weighted by Crippen LogP contribution is -2.26. The predicted molar refractivity (Wildman–Crippen MR) is 73.8 cm³/mol. The van der Waals surface area contributed by atoms with Crippen LogP contribution in [-0.4, -0.2) is 38.5 Å². The first kappa shape index (κ1) is 16.1. The number of sulfonamides is 1. The summed E-state index contributed by atoms with van der Waals surface area (Å²) in [4.78, 5) is 0.290. The van der Waals surface area contributed by atoms with Crippen molar-refractivity contribution in [3.63, 3.8) is 0 Å². The fourth-order valence-corrected chi connectivity index (χ4v) is 3.50. The summed E-state index contributed by atoms with van der Waals surface area (Å²) in [5, 5.41) is 4.29. The molecule has 0 unspecified atom stereocenters. The number of aromatic nitrogens is 2. The van der Waals surface area contributed by atoms with Gasteiger partial charge in [0.25, 0.3) is 0 Å². The van der Waals surface area contributed by atoms with E-state index >= 15 is 0 Å². The van der Waals surface area contributed by atoms with E-state index in [4.69, 9.17) is 4.74 Å². The molecule has 0 aliphatic carbocycles. The Morgan fingerprint density at radius 3 is 2.47 bits per heavy atom. The highest BCUT2D eigenvalue weighted by Crippen LogP contribution is 2.21. The molecule has 0 atom stereocenters. The second kappa shape index (κ2) is 6.49.